The summed E-state index contributed by atoms with van der Waals surface area (Å²) in [5.41, 5.74) is 6.53. The van der Waals surface area contributed by atoms with Gasteiger partial charge in [0, 0.05) is 32.0 Å². The SMILES string of the molecule is CC(=O)N(/C=C(/C#N)C(=O)NCC1CCCO1)c1cccc(N)c1. The molecule has 7 nitrogen and oxygen atoms in total. The van der Waals surface area contributed by atoms with Gasteiger partial charge >= 0.3 is 0 Å². The van der Waals surface area contributed by atoms with E-state index in [4.69, 9.17) is 10.5 Å². The van der Waals surface area contributed by atoms with Crippen molar-refractivity contribution in [3.63, 3.8) is 0 Å². The first-order valence-corrected chi connectivity index (χ1v) is 7.68. The molecule has 1 aliphatic heterocycles. The summed E-state index contributed by atoms with van der Waals surface area (Å²) in [6.07, 6.45) is 3.05. The predicted octanol–water partition coefficient (Wildman–Crippen LogP) is 1.32. The molecule has 0 radical (unpaired) electrons. The van der Waals surface area contributed by atoms with Crippen LogP contribution in [-0.2, 0) is 14.3 Å². The van der Waals surface area contributed by atoms with E-state index in [0.29, 0.717) is 24.5 Å². The molecule has 1 saturated heterocycles. The minimum atomic E-state index is -0.539. The third kappa shape index (κ3) is 4.57. The quantitative estimate of drug-likeness (QED) is 0.481. The van der Waals surface area contributed by atoms with E-state index in [1.165, 1.54) is 18.0 Å². The third-order valence-corrected chi connectivity index (χ3v) is 3.63. The number of anilines is 2. The van der Waals surface area contributed by atoms with Crippen LogP contribution >= 0.6 is 0 Å². The van der Waals surface area contributed by atoms with Gasteiger partial charge in [-0.2, -0.15) is 5.26 Å². The van der Waals surface area contributed by atoms with Crippen molar-refractivity contribution in [2.75, 3.05) is 23.8 Å². The van der Waals surface area contributed by atoms with Crippen LogP contribution in [0.2, 0.25) is 0 Å². The van der Waals surface area contributed by atoms with E-state index in [1.807, 2.05) is 6.07 Å². The molecule has 0 bridgehead atoms. The zero-order valence-electron chi connectivity index (χ0n) is 13.5. The molecule has 7 heteroatoms. The zero-order chi connectivity index (χ0) is 17.5. The van der Waals surface area contributed by atoms with E-state index in [9.17, 15) is 14.9 Å². The highest BCUT2D eigenvalue weighted by atomic mass is 16.5. The summed E-state index contributed by atoms with van der Waals surface area (Å²) in [7, 11) is 0. The van der Waals surface area contributed by atoms with Crippen LogP contribution in [0.25, 0.3) is 0 Å². The van der Waals surface area contributed by atoms with Crippen molar-refractivity contribution in [1.29, 1.82) is 5.26 Å². The Balaban J connectivity index is 2.14. The molecule has 1 atom stereocenters. The first kappa shape index (κ1) is 17.5. The van der Waals surface area contributed by atoms with Gasteiger partial charge < -0.3 is 15.8 Å². The van der Waals surface area contributed by atoms with Gasteiger partial charge in [0.2, 0.25) is 5.91 Å². The van der Waals surface area contributed by atoms with Gasteiger partial charge in [-0.3, -0.25) is 14.5 Å². The standard InChI is InChI=1S/C17H20N4O3/c1-12(22)21(15-5-2-4-14(19)8-15)11-13(9-18)17(23)20-10-16-6-3-7-24-16/h2,4-5,8,11,16H,3,6-7,10,19H2,1H3,(H,20,23)/b13-11-. The van der Waals surface area contributed by atoms with E-state index in [2.05, 4.69) is 5.32 Å². The molecule has 0 aromatic heterocycles. The number of rotatable bonds is 5. The molecule has 3 N–H and O–H groups in total. The molecular weight excluding hydrogens is 308 g/mol. The Morgan fingerprint density at radius 1 is 1.54 bits per heavy atom. The van der Waals surface area contributed by atoms with E-state index >= 15 is 0 Å². The number of nitrogens with one attached hydrogen (secondary N) is 1. The van der Waals surface area contributed by atoms with Crippen LogP contribution in [0.3, 0.4) is 0 Å². The average Bonchev–Trinajstić information content (AvgIpc) is 3.06. The van der Waals surface area contributed by atoms with E-state index in [1.54, 1.807) is 24.3 Å². The maximum atomic E-state index is 12.2. The second-order valence-electron chi connectivity index (χ2n) is 5.48. The number of nitriles is 1. The third-order valence-electron chi connectivity index (χ3n) is 3.63. The maximum Gasteiger partial charge on any atom is 0.263 e. The van der Waals surface area contributed by atoms with Gasteiger partial charge in [0.15, 0.2) is 0 Å². The first-order chi connectivity index (χ1) is 11.5. The average molecular weight is 328 g/mol. The van der Waals surface area contributed by atoms with Crippen LogP contribution in [-0.4, -0.2) is 31.1 Å². The predicted molar refractivity (Wildman–Crippen MR) is 89.7 cm³/mol. The van der Waals surface area contributed by atoms with Gasteiger partial charge in [-0.1, -0.05) is 6.07 Å². The van der Waals surface area contributed by atoms with Gasteiger partial charge in [0.25, 0.3) is 5.91 Å². The largest absolute Gasteiger partial charge is 0.399 e. The number of nitrogens with zero attached hydrogens (tertiary/aromatic N) is 2. The number of carbonyl (C=O) groups is 2. The molecule has 1 aromatic rings. The summed E-state index contributed by atoms with van der Waals surface area (Å²) in [6, 6.07) is 8.48. The highest BCUT2D eigenvalue weighted by molar-refractivity contribution is 6.01. The second kappa shape index (κ2) is 8.13. The molecule has 24 heavy (non-hydrogen) atoms. The smallest absolute Gasteiger partial charge is 0.263 e. The summed E-state index contributed by atoms with van der Waals surface area (Å²) < 4.78 is 5.42. The molecule has 1 aromatic carbocycles. The van der Waals surface area contributed by atoms with Gasteiger partial charge in [-0.25, -0.2) is 0 Å². The lowest BCUT2D eigenvalue weighted by Gasteiger charge is -2.18. The Hall–Kier alpha value is -2.85. The summed E-state index contributed by atoms with van der Waals surface area (Å²) in [6.45, 7) is 2.38. The van der Waals surface area contributed by atoms with Crippen LogP contribution in [0.1, 0.15) is 19.8 Å². The zero-order valence-corrected chi connectivity index (χ0v) is 13.5. The number of hydrogen-bond acceptors (Lipinski definition) is 5. The molecule has 1 unspecified atom stereocenters. The van der Waals surface area contributed by atoms with Gasteiger partial charge in [-0.05, 0) is 31.0 Å². The maximum absolute atomic E-state index is 12.2. The summed E-state index contributed by atoms with van der Waals surface area (Å²) >= 11 is 0. The summed E-state index contributed by atoms with van der Waals surface area (Å²) in [5, 5.41) is 11.9. The topological polar surface area (TPSA) is 108 Å². The lowest BCUT2D eigenvalue weighted by Crippen LogP contribution is -2.33. The number of nitrogen functional groups attached to an aromatic ring is 1. The van der Waals surface area contributed by atoms with Crippen LogP contribution in [0.5, 0.6) is 0 Å². The first-order valence-electron chi connectivity index (χ1n) is 7.68. The molecule has 2 amide bonds. The highest BCUT2D eigenvalue weighted by Gasteiger charge is 2.19. The van der Waals surface area contributed by atoms with Crippen molar-refractivity contribution in [2.24, 2.45) is 0 Å². The molecule has 1 fully saturated rings. The summed E-state index contributed by atoms with van der Waals surface area (Å²) in [5.74, 6) is -0.872. The molecule has 0 saturated carbocycles. The minimum Gasteiger partial charge on any atom is -0.399 e. The van der Waals surface area contributed by atoms with Crippen molar-refractivity contribution >= 4 is 23.2 Å². The molecule has 126 valence electrons. The molecule has 2 rings (SSSR count). The molecule has 0 aliphatic carbocycles. The van der Waals surface area contributed by atoms with Crippen molar-refractivity contribution in [3.05, 3.63) is 36.0 Å². The Labute approximate surface area is 140 Å². The summed E-state index contributed by atoms with van der Waals surface area (Å²) in [4.78, 5) is 25.3. The van der Waals surface area contributed by atoms with Gasteiger partial charge in [0.05, 0.1) is 11.8 Å². The van der Waals surface area contributed by atoms with Crippen LogP contribution in [0.4, 0.5) is 11.4 Å². The van der Waals surface area contributed by atoms with Crippen molar-refractivity contribution in [2.45, 2.75) is 25.9 Å². The fourth-order valence-corrected chi connectivity index (χ4v) is 2.40. The van der Waals surface area contributed by atoms with Gasteiger partial charge in [-0.15, -0.1) is 0 Å². The van der Waals surface area contributed by atoms with Crippen LogP contribution in [0, 0.1) is 11.3 Å². The second-order valence-corrected chi connectivity index (χ2v) is 5.48. The lowest BCUT2D eigenvalue weighted by molar-refractivity contribution is -0.117. The highest BCUT2D eigenvalue weighted by Crippen LogP contribution is 2.19. The van der Waals surface area contributed by atoms with E-state index in [0.717, 1.165) is 12.8 Å². The number of carbonyl (C=O) groups excluding carboxylic acids is 2. The van der Waals surface area contributed by atoms with E-state index in [-0.39, 0.29) is 17.6 Å². The van der Waals surface area contributed by atoms with Gasteiger partial charge in [0.1, 0.15) is 11.6 Å². The number of nitrogens with two attached hydrogens (primary N) is 1. The Bertz CT molecular complexity index is 687. The molecular formula is C17H20N4O3. The Morgan fingerprint density at radius 3 is 2.92 bits per heavy atom. The molecule has 0 spiro atoms. The van der Waals surface area contributed by atoms with E-state index < -0.39 is 5.91 Å². The van der Waals surface area contributed by atoms with Crippen molar-refractivity contribution in [3.8, 4) is 6.07 Å². The number of amides is 2. The number of hydrogen-bond donors (Lipinski definition) is 2. The molecule has 1 heterocycles. The van der Waals surface area contributed by atoms with Crippen LogP contribution < -0.4 is 16.0 Å². The lowest BCUT2D eigenvalue weighted by atomic mass is 10.2. The fraction of sp³-hybridized carbons (Fsp3) is 0.353. The van der Waals surface area contributed by atoms with Crippen molar-refractivity contribution < 1.29 is 14.3 Å². The molecule has 1 aliphatic rings. The van der Waals surface area contributed by atoms with Crippen molar-refractivity contribution in [1.82, 2.24) is 5.32 Å². The van der Waals surface area contributed by atoms with Crippen LogP contribution in [0.15, 0.2) is 36.0 Å². The Morgan fingerprint density at radius 2 is 2.33 bits per heavy atom. The number of ether oxygens (including phenoxy) is 1. The Kier molecular flexibility index (Phi) is 5.93. The minimum absolute atomic E-state index is 0.0216. The fourth-order valence-electron chi connectivity index (χ4n) is 2.40. The number of benzene rings is 1. The monoisotopic (exact) mass is 328 g/mol. The normalized spacial score (nSPS) is 17.2.